The molecular weight excluding hydrogens is 407 g/mol. The fourth-order valence-corrected chi connectivity index (χ4v) is 5.18. The van der Waals surface area contributed by atoms with Crippen LogP contribution < -0.4 is 4.90 Å². The van der Waals surface area contributed by atoms with Crippen LogP contribution in [0.5, 0.6) is 0 Å². The number of nitrogens with zero attached hydrogens (tertiary/aromatic N) is 2. The van der Waals surface area contributed by atoms with Crippen molar-refractivity contribution in [1.82, 2.24) is 4.98 Å². The van der Waals surface area contributed by atoms with Crippen LogP contribution in [0.3, 0.4) is 0 Å². The van der Waals surface area contributed by atoms with E-state index in [4.69, 9.17) is 0 Å². The second kappa shape index (κ2) is 8.63. The van der Waals surface area contributed by atoms with Crippen molar-refractivity contribution in [3.63, 3.8) is 0 Å². The summed E-state index contributed by atoms with van der Waals surface area (Å²) in [5.74, 6) is -0.370. The summed E-state index contributed by atoms with van der Waals surface area (Å²) in [4.78, 5) is 6.46. The van der Waals surface area contributed by atoms with Crippen molar-refractivity contribution in [2.24, 2.45) is 0 Å². The van der Waals surface area contributed by atoms with E-state index in [0.29, 0.717) is 17.2 Å². The molecule has 0 unspecified atom stereocenters. The average molecular weight is 433 g/mol. The minimum atomic E-state index is -3.15. The molecule has 154 valence electrons. The fraction of sp³-hybridized carbons (Fsp3) is 0.318. The Morgan fingerprint density at radius 3 is 2.41 bits per heavy atom. The molecule has 0 aliphatic carbocycles. The van der Waals surface area contributed by atoms with E-state index in [2.05, 4.69) is 17.1 Å². The van der Waals surface area contributed by atoms with E-state index in [1.807, 2.05) is 49.3 Å². The van der Waals surface area contributed by atoms with Crippen LogP contribution in [0.15, 0.2) is 47.8 Å². The van der Waals surface area contributed by atoms with Crippen molar-refractivity contribution in [2.75, 3.05) is 11.2 Å². The van der Waals surface area contributed by atoms with Crippen molar-refractivity contribution in [3.8, 4) is 0 Å². The summed E-state index contributed by atoms with van der Waals surface area (Å²) >= 11 is 1.32. The molecule has 0 saturated carbocycles. The Morgan fingerprint density at radius 2 is 1.76 bits per heavy atom. The van der Waals surface area contributed by atoms with Crippen LogP contribution in [0, 0.1) is 19.7 Å². The molecule has 0 fully saturated rings. The number of benzene rings is 2. The van der Waals surface area contributed by atoms with Gasteiger partial charge in [0.05, 0.1) is 24.0 Å². The zero-order valence-corrected chi connectivity index (χ0v) is 18.6. The smallest absolute Gasteiger partial charge is 0.153 e. The summed E-state index contributed by atoms with van der Waals surface area (Å²) < 4.78 is 37.9. The van der Waals surface area contributed by atoms with Gasteiger partial charge >= 0.3 is 0 Å². The van der Waals surface area contributed by atoms with Gasteiger partial charge in [0.15, 0.2) is 9.84 Å². The molecule has 1 atom stereocenters. The number of halogens is 1. The van der Waals surface area contributed by atoms with E-state index in [1.165, 1.54) is 29.2 Å². The highest BCUT2D eigenvalue weighted by Crippen LogP contribution is 2.32. The normalized spacial score (nSPS) is 12.7. The lowest BCUT2D eigenvalue weighted by Gasteiger charge is -2.32. The molecule has 0 radical (unpaired) electrons. The topological polar surface area (TPSA) is 50.3 Å². The quantitative estimate of drug-likeness (QED) is 0.514. The highest BCUT2D eigenvalue weighted by Gasteiger charge is 2.21. The third-order valence-corrected chi connectivity index (χ3v) is 6.63. The standard InChI is InChI=1S/C22H25FN2O2S2/c1-15-5-8-18(9-6-15)17(3)25(21-11-16(2)7-10-20(21)23)12-19-13-28-22(24-19)14-29(4,26)27/h5-11,13,17H,12,14H2,1-4H3/t17-/m1/s1. The lowest BCUT2D eigenvalue weighted by Crippen LogP contribution is -2.27. The summed E-state index contributed by atoms with van der Waals surface area (Å²) in [5.41, 5.74) is 4.45. The molecule has 0 saturated heterocycles. The van der Waals surface area contributed by atoms with Gasteiger partial charge in [-0.15, -0.1) is 11.3 Å². The number of hydrogen-bond donors (Lipinski definition) is 0. The molecule has 0 bridgehead atoms. The molecule has 0 N–H and O–H groups in total. The van der Waals surface area contributed by atoms with Crippen molar-refractivity contribution < 1.29 is 12.8 Å². The summed E-state index contributed by atoms with van der Waals surface area (Å²) in [5, 5.41) is 2.40. The zero-order chi connectivity index (χ0) is 21.2. The number of thiazole rings is 1. The molecule has 2 aromatic carbocycles. The highest BCUT2D eigenvalue weighted by atomic mass is 32.2. The van der Waals surface area contributed by atoms with Gasteiger partial charge in [-0.05, 0) is 44.0 Å². The van der Waals surface area contributed by atoms with Crippen LogP contribution in [-0.4, -0.2) is 19.7 Å². The SMILES string of the molecule is Cc1ccc([C@@H](C)N(Cc2csc(CS(C)(=O)=O)n2)c2cc(C)ccc2F)cc1. The minimum absolute atomic E-state index is 0.0794. The Balaban J connectivity index is 1.97. The van der Waals surface area contributed by atoms with Crippen LogP contribution in [0.25, 0.3) is 0 Å². The Labute approximate surface area is 176 Å². The van der Waals surface area contributed by atoms with Gasteiger partial charge in [0.1, 0.15) is 16.6 Å². The van der Waals surface area contributed by atoms with Crippen LogP contribution in [0.4, 0.5) is 10.1 Å². The van der Waals surface area contributed by atoms with Gasteiger partial charge in [-0.2, -0.15) is 0 Å². The first-order chi connectivity index (χ1) is 13.6. The van der Waals surface area contributed by atoms with Crippen molar-refractivity contribution in [2.45, 2.75) is 39.1 Å². The van der Waals surface area contributed by atoms with Gasteiger partial charge in [0, 0.05) is 11.6 Å². The largest absolute Gasteiger partial charge is 0.356 e. The monoisotopic (exact) mass is 432 g/mol. The van der Waals surface area contributed by atoms with Gasteiger partial charge in [-0.3, -0.25) is 0 Å². The molecule has 3 rings (SSSR count). The Hall–Kier alpha value is -2.25. The van der Waals surface area contributed by atoms with Crippen LogP contribution >= 0.6 is 11.3 Å². The molecule has 4 nitrogen and oxygen atoms in total. The summed E-state index contributed by atoms with van der Waals surface area (Å²) in [6.45, 7) is 6.39. The maximum absolute atomic E-state index is 14.8. The molecule has 0 aliphatic rings. The van der Waals surface area contributed by atoms with Crippen LogP contribution in [-0.2, 0) is 22.1 Å². The van der Waals surface area contributed by atoms with Crippen molar-refractivity contribution in [3.05, 3.63) is 81.1 Å². The lowest BCUT2D eigenvalue weighted by atomic mass is 10.0. The molecule has 0 aliphatic heterocycles. The maximum atomic E-state index is 14.8. The van der Waals surface area contributed by atoms with Crippen LogP contribution in [0.1, 0.15) is 40.4 Å². The first-order valence-corrected chi connectivity index (χ1v) is 12.3. The molecule has 3 aromatic rings. The van der Waals surface area contributed by atoms with E-state index >= 15 is 0 Å². The second-order valence-electron chi connectivity index (χ2n) is 7.47. The summed E-state index contributed by atoms with van der Waals surface area (Å²) in [6, 6.07) is 13.2. The molecule has 7 heteroatoms. The van der Waals surface area contributed by atoms with E-state index in [1.54, 1.807) is 6.07 Å². The lowest BCUT2D eigenvalue weighted by molar-refractivity contribution is 0.591. The first kappa shape index (κ1) is 21.5. The maximum Gasteiger partial charge on any atom is 0.153 e. The first-order valence-electron chi connectivity index (χ1n) is 9.33. The molecule has 1 heterocycles. The van der Waals surface area contributed by atoms with Gasteiger partial charge in [-0.1, -0.05) is 35.9 Å². The minimum Gasteiger partial charge on any atom is -0.356 e. The molecule has 0 amide bonds. The van der Waals surface area contributed by atoms with E-state index in [0.717, 1.165) is 16.8 Å². The number of rotatable bonds is 7. The summed E-state index contributed by atoms with van der Waals surface area (Å²) in [6.07, 6.45) is 1.20. The molecule has 29 heavy (non-hydrogen) atoms. The van der Waals surface area contributed by atoms with Gasteiger partial charge in [-0.25, -0.2) is 17.8 Å². The van der Waals surface area contributed by atoms with Gasteiger partial charge in [0.25, 0.3) is 0 Å². The predicted octanol–water partition coefficient (Wildman–Crippen LogP) is 5.21. The van der Waals surface area contributed by atoms with E-state index < -0.39 is 9.84 Å². The zero-order valence-electron chi connectivity index (χ0n) is 17.0. The highest BCUT2D eigenvalue weighted by molar-refractivity contribution is 7.90. The molecule has 1 aromatic heterocycles. The van der Waals surface area contributed by atoms with Crippen molar-refractivity contribution in [1.29, 1.82) is 0 Å². The summed E-state index contributed by atoms with van der Waals surface area (Å²) in [7, 11) is -3.15. The Morgan fingerprint density at radius 1 is 1.10 bits per heavy atom. The second-order valence-corrected chi connectivity index (χ2v) is 10.6. The van der Waals surface area contributed by atoms with Gasteiger partial charge < -0.3 is 4.90 Å². The molecular formula is C22H25FN2O2S2. The van der Waals surface area contributed by atoms with Crippen molar-refractivity contribution >= 4 is 26.9 Å². The number of aryl methyl sites for hydroxylation is 2. The third-order valence-electron chi connectivity index (χ3n) is 4.76. The number of sulfone groups is 1. The van der Waals surface area contributed by atoms with E-state index in [9.17, 15) is 12.8 Å². The fourth-order valence-electron chi connectivity index (χ4n) is 3.19. The number of hydrogen-bond acceptors (Lipinski definition) is 5. The van der Waals surface area contributed by atoms with Gasteiger partial charge in [0.2, 0.25) is 0 Å². The third kappa shape index (κ3) is 5.64. The number of anilines is 1. The Bertz CT molecular complexity index is 1090. The Kier molecular flexibility index (Phi) is 6.39. The van der Waals surface area contributed by atoms with E-state index in [-0.39, 0.29) is 17.6 Å². The average Bonchev–Trinajstić information content (AvgIpc) is 3.07. The predicted molar refractivity (Wildman–Crippen MR) is 118 cm³/mol. The molecule has 0 spiro atoms. The van der Waals surface area contributed by atoms with Crippen LogP contribution in [0.2, 0.25) is 0 Å². The number of aromatic nitrogens is 1.